The fourth-order valence-electron chi connectivity index (χ4n) is 2.77. The Labute approximate surface area is 134 Å². The molecule has 1 amide bonds. The van der Waals surface area contributed by atoms with E-state index in [1.165, 1.54) is 0 Å². The van der Waals surface area contributed by atoms with Crippen molar-refractivity contribution in [1.29, 1.82) is 0 Å². The minimum Gasteiger partial charge on any atom is -0.381 e. The molecule has 1 fully saturated rings. The normalized spacial score (nSPS) is 15.3. The fourth-order valence-corrected chi connectivity index (χ4v) is 2.77. The maximum atomic E-state index is 12.3. The molecule has 23 heavy (non-hydrogen) atoms. The largest absolute Gasteiger partial charge is 0.381 e. The minimum absolute atomic E-state index is 0.106. The van der Waals surface area contributed by atoms with Crippen LogP contribution in [0.15, 0.2) is 47.4 Å². The average Bonchev–Trinajstić information content (AvgIpc) is 2.61. The SMILES string of the molecule is O=C(NCC1CCOCC1)c1cccc(-c2ccc[nH]c2=O)c1. The third-order valence-corrected chi connectivity index (χ3v) is 4.15. The molecule has 3 rings (SSSR count). The van der Waals surface area contributed by atoms with Gasteiger partial charge in [0.25, 0.3) is 11.5 Å². The Morgan fingerprint density at radius 1 is 1.22 bits per heavy atom. The molecule has 0 atom stereocenters. The van der Waals surface area contributed by atoms with Gasteiger partial charge in [0.1, 0.15) is 0 Å². The molecule has 1 aromatic carbocycles. The number of carbonyl (C=O) groups is 1. The van der Waals surface area contributed by atoms with Crippen LogP contribution in [-0.2, 0) is 4.74 Å². The van der Waals surface area contributed by atoms with E-state index in [0.29, 0.717) is 23.6 Å². The number of H-pyrrole nitrogens is 1. The molecule has 2 heterocycles. The van der Waals surface area contributed by atoms with E-state index < -0.39 is 0 Å². The molecule has 120 valence electrons. The van der Waals surface area contributed by atoms with E-state index in [-0.39, 0.29) is 11.5 Å². The summed E-state index contributed by atoms with van der Waals surface area (Å²) in [6, 6.07) is 10.7. The molecule has 2 N–H and O–H groups in total. The molecule has 5 nitrogen and oxygen atoms in total. The molecule has 0 aliphatic carbocycles. The highest BCUT2D eigenvalue weighted by Gasteiger charge is 2.15. The molecule has 0 bridgehead atoms. The highest BCUT2D eigenvalue weighted by atomic mass is 16.5. The van der Waals surface area contributed by atoms with Crippen LogP contribution >= 0.6 is 0 Å². The summed E-state index contributed by atoms with van der Waals surface area (Å²) in [7, 11) is 0. The summed E-state index contributed by atoms with van der Waals surface area (Å²) in [5.74, 6) is 0.374. The molecular formula is C18H20N2O3. The zero-order valence-corrected chi connectivity index (χ0v) is 12.9. The molecule has 0 spiro atoms. The smallest absolute Gasteiger partial charge is 0.255 e. The van der Waals surface area contributed by atoms with Gasteiger partial charge in [-0.05, 0) is 48.6 Å². The number of rotatable bonds is 4. The van der Waals surface area contributed by atoms with Crippen LogP contribution in [0.2, 0.25) is 0 Å². The molecule has 0 unspecified atom stereocenters. The molecule has 1 aromatic heterocycles. The molecule has 1 aliphatic rings. The number of aromatic nitrogens is 1. The summed E-state index contributed by atoms with van der Waals surface area (Å²) in [5, 5.41) is 2.98. The fraction of sp³-hybridized carbons (Fsp3) is 0.333. The quantitative estimate of drug-likeness (QED) is 0.909. The third kappa shape index (κ3) is 3.87. The van der Waals surface area contributed by atoms with Gasteiger partial charge in [0.05, 0.1) is 0 Å². The van der Waals surface area contributed by atoms with Crippen molar-refractivity contribution in [2.75, 3.05) is 19.8 Å². The summed E-state index contributed by atoms with van der Waals surface area (Å²) in [5.41, 5.74) is 1.71. The molecule has 1 aliphatic heterocycles. The maximum Gasteiger partial charge on any atom is 0.255 e. The van der Waals surface area contributed by atoms with E-state index in [0.717, 1.165) is 31.6 Å². The molecular weight excluding hydrogens is 292 g/mol. The molecule has 5 heteroatoms. The van der Waals surface area contributed by atoms with Gasteiger partial charge in [0.2, 0.25) is 0 Å². The first kappa shape index (κ1) is 15.5. The van der Waals surface area contributed by atoms with Gasteiger partial charge in [-0.15, -0.1) is 0 Å². The summed E-state index contributed by atoms with van der Waals surface area (Å²) in [6.45, 7) is 2.21. The predicted molar refractivity (Wildman–Crippen MR) is 88.4 cm³/mol. The first-order valence-electron chi connectivity index (χ1n) is 7.88. The summed E-state index contributed by atoms with van der Waals surface area (Å²) in [4.78, 5) is 26.8. The van der Waals surface area contributed by atoms with Crippen LogP contribution in [0.5, 0.6) is 0 Å². The zero-order valence-electron chi connectivity index (χ0n) is 12.9. The highest BCUT2D eigenvalue weighted by Crippen LogP contribution is 2.17. The van der Waals surface area contributed by atoms with Gasteiger partial charge < -0.3 is 15.0 Å². The molecule has 0 saturated carbocycles. The van der Waals surface area contributed by atoms with Crippen LogP contribution in [0.3, 0.4) is 0 Å². The zero-order chi connectivity index (χ0) is 16.1. The Balaban J connectivity index is 1.70. The van der Waals surface area contributed by atoms with E-state index in [1.807, 2.05) is 6.07 Å². The maximum absolute atomic E-state index is 12.3. The third-order valence-electron chi connectivity index (χ3n) is 4.15. The van der Waals surface area contributed by atoms with Gasteiger partial charge >= 0.3 is 0 Å². The van der Waals surface area contributed by atoms with Gasteiger partial charge in [-0.3, -0.25) is 9.59 Å². The number of ether oxygens (including phenoxy) is 1. The summed E-state index contributed by atoms with van der Waals surface area (Å²) in [6.07, 6.45) is 3.57. The van der Waals surface area contributed by atoms with Crippen LogP contribution in [-0.4, -0.2) is 30.6 Å². The van der Waals surface area contributed by atoms with Crippen molar-refractivity contribution in [3.63, 3.8) is 0 Å². The number of hydrogen-bond acceptors (Lipinski definition) is 3. The lowest BCUT2D eigenvalue weighted by Gasteiger charge is -2.22. The topological polar surface area (TPSA) is 71.2 Å². The second-order valence-electron chi connectivity index (χ2n) is 5.76. The number of carbonyl (C=O) groups excluding carboxylic acids is 1. The highest BCUT2D eigenvalue weighted by molar-refractivity contribution is 5.95. The summed E-state index contributed by atoms with van der Waals surface area (Å²) >= 11 is 0. The van der Waals surface area contributed by atoms with E-state index in [2.05, 4.69) is 10.3 Å². The van der Waals surface area contributed by atoms with Crippen LogP contribution in [0.4, 0.5) is 0 Å². The van der Waals surface area contributed by atoms with Crippen LogP contribution in [0.1, 0.15) is 23.2 Å². The lowest BCUT2D eigenvalue weighted by atomic mass is 10.00. The second kappa shape index (κ2) is 7.24. The Bertz CT molecular complexity index is 733. The minimum atomic E-state index is -0.160. The Morgan fingerprint density at radius 2 is 2.04 bits per heavy atom. The van der Waals surface area contributed by atoms with Gasteiger partial charge in [-0.25, -0.2) is 0 Å². The lowest BCUT2D eigenvalue weighted by Crippen LogP contribution is -2.32. The van der Waals surface area contributed by atoms with Crippen molar-refractivity contribution >= 4 is 5.91 Å². The van der Waals surface area contributed by atoms with Crippen LogP contribution in [0, 0.1) is 5.92 Å². The van der Waals surface area contributed by atoms with E-state index in [1.54, 1.807) is 36.5 Å². The first-order valence-corrected chi connectivity index (χ1v) is 7.88. The molecule has 0 radical (unpaired) electrons. The van der Waals surface area contributed by atoms with Gasteiger partial charge in [-0.1, -0.05) is 12.1 Å². The Morgan fingerprint density at radius 3 is 2.83 bits per heavy atom. The number of hydrogen-bond donors (Lipinski definition) is 2. The van der Waals surface area contributed by atoms with Crippen molar-refractivity contribution in [2.45, 2.75) is 12.8 Å². The van der Waals surface area contributed by atoms with E-state index >= 15 is 0 Å². The van der Waals surface area contributed by atoms with Crippen molar-refractivity contribution in [3.8, 4) is 11.1 Å². The summed E-state index contributed by atoms with van der Waals surface area (Å²) < 4.78 is 5.32. The Kier molecular flexibility index (Phi) is 4.88. The van der Waals surface area contributed by atoms with Crippen molar-refractivity contribution < 1.29 is 9.53 Å². The standard InChI is InChI=1S/C18H20N2O3/c21-17(20-12-13-6-9-23-10-7-13)15-4-1-3-14(11-15)16-5-2-8-19-18(16)22/h1-5,8,11,13H,6-7,9-10,12H2,(H,19,22)(H,20,21). The van der Waals surface area contributed by atoms with Crippen molar-refractivity contribution in [2.24, 2.45) is 5.92 Å². The van der Waals surface area contributed by atoms with Crippen LogP contribution in [0.25, 0.3) is 11.1 Å². The van der Waals surface area contributed by atoms with Gasteiger partial charge in [-0.2, -0.15) is 0 Å². The second-order valence-corrected chi connectivity index (χ2v) is 5.76. The number of pyridine rings is 1. The average molecular weight is 312 g/mol. The van der Waals surface area contributed by atoms with Gasteiger partial charge in [0, 0.05) is 37.1 Å². The van der Waals surface area contributed by atoms with Crippen LogP contribution < -0.4 is 10.9 Å². The molecule has 2 aromatic rings. The number of aromatic amines is 1. The van der Waals surface area contributed by atoms with E-state index in [9.17, 15) is 9.59 Å². The number of nitrogens with one attached hydrogen (secondary N) is 2. The molecule has 1 saturated heterocycles. The number of amides is 1. The van der Waals surface area contributed by atoms with Gasteiger partial charge in [0.15, 0.2) is 0 Å². The first-order chi connectivity index (χ1) is 11.2. The Hall–Kier alpha value is -2.40. The monoisotopic (exact) mass is 312 g/mol. The van der Waals surface area contributed by atoms with Crippen molar-refractivity contribution in [3.05, 3.63) is 58.5 Å². The lowest BCUT2D eigenvalue weighted by molar-refractivity contribution is 0.0642. The van der Waals surface area contributed by atoms with E-state index in [4.69, 9.17) is 4.74 Å². The number of benzene rings is 1. The van der Waals surface area contributed by atoms with Crippen molar-refractivity contribution in [1.82, 2.24) is 10.3 Å². The predicted octanol–water partition coefficient (Wildman–Crippen LogP) is 2.20.